The van der Waals surface area contributed by atoms with Gasteiger partial charge in [-0.1, -0.05) is 12.1 Å². The summed E-state index contributed by atoms with van der Waals surface area (Å²) in [6.45, 7) is 0.0502. The molecule has 7 heteroatoms. The van der Waals surface area contributed by atoms with E-state index in [1.165, 1.54) is 18.1 Å². The van der Waals surface area contributed by atoms with Crippen molar-refractivity contribution >= 4 is 27.7 Å². The number of nitrogens with one attached hydrogen (secondary N) is 1. The van der Waals surface area contributed by atoms with Crippen LogP contribution < -0.4 is 15.4 Å². The van der Waals surface area contributed by atoms with Gasteiger partial charge in [0.15, 0.2) is 5.96 Å². The molecule has 21 heavy (non-hydrogen) atoms. The highest BCUT2D eigenvalue weighted by Gasteiger charge is 2.17. The van der Waals surface area contributed by atoms with Crippen molar-refractivity contribution in [3.05, 3.63) is 52.4 Å². The standard InChI is InChI=1S/C14H14BrFN4O/c1-21-11-5-2-4-10(16)9(11)8-20(14(17)18)13-7-3-6-12(15)19-13/h2-7H,8H2,1H3,(H3,17,18). The number of methoxy groups -OCH3 is 1. The van der Waals surface area contributed by atoms with Gasteiger partial charge in [0.1, 0.15) is 22.0 Å². The zero-order valence-corrected chi connectivity index (χ0v) is 12.9. The first-order valence-electron chi connectivity index (χ1n) is 6.08. The molecule has 5 nitrogen and oxygen atoms in total. The molecule has 2 aromatic rings. The number of nitrogens with two attached hydrogens (primary N) is 1. The van der Waals surface area contributed by atoms with Crippen LogP contribution in [0.2, 0.25) is 0 Å². The molecule has 0 amide bonds. The molecule has 1 heterocycles. The number of benzene rings is 1. The third kappa shape index (κ3) is 3.49. The molecule has 0 unspecified atom stereocenters. The highest BCUT2D eigenvalue weighted by Crippen LogP contribution is 2.25. The summed E-state index contributed by atoms with van der Waals surface area (Å²) in [5, 5.41) is 7.69. The summed E-state index contributed by atoms with van der Waals surface area (Å²) < 4.78 is 19.8. The maximum Gasteiger partial charge on any atom is 0.194 e. The molecule has 0 bridgehead atoms. The minimum Gasteiger partial charge on any atom is -0.496 e. The van der Waals surface area contributed by atoms with Crippen LogP contribution in [-0.4, -0.2) is 18.1 Å². The molecule has 0 saturated heterocycles. The minimum atomic E-state index is -0.421. The van der Waals surface area contributed by atoms with Crippen molar-refractivity contribution in [2.75, 3.05) is 12.0 Å². The van der Waals surface area contributed by atoms with Crippen molar-refractivity contribution in [3.63, 3.8) is 0 Å². The van der Waals surface area contributed by atoms with E-state index in [4.69, 9.17) is 15.9 Å². The second-order valence-electron chi connectivity index (χ2n) is 4.21. The Hall–Kier alpha value is -2.15. The first kappa shape index (κ1) is 15.2. The van der Waals surface area contributed by atoms with Crippen LogP contribution in [0.1, 0.15) is 5.56 Å². The van der Waals surface area contributed by atoms with Crippen molar-refractivity contribution in [1.82, 2.24) is 4.98 Å². The second-order valence-corrected chi connectivity index (χ2v) is 5.02. The Bertz CT molecular complexity index is 665. The number of rotatable bonds is 4. The Morgan fingerprint density at radius 3 is 2.71 bits per heavy atom. The zero-order chi connectivity index (χ0) is 15.4. The SMILES string of the molecule is COc1cccc(F)c1CN(C(=N)N)c1cccc(Br)n1. The van der Waals surface area contributed by atoms with Crippen molar-refractivity contribution in [2.45, 2.75) is 6.54 Å². The Labute approximate surface area is 130 Å². The Kier molecular flexibility index (Phi) is 4.74. The van der Waals surface area contributed by atoms with Crippen molar-refractivity contribution in [2.24, 2.45) is 5.73 Å². The molecule has 0 atom stereocenters. The molecule has 0 radical (unpaired) electrons. The van der Waals surface area contributed by atoms with E-state index >= 15 is 0 Å². The second kappa shape index (κ2) is 6.53. The van der Waals surface area contributed by atoms with Gasteiger partial charge in [0.2, 0.25) is 0 Å². The van der Waals surface area contributed by atoms with Crippen LogP contribution in [0.5, 0.6) is 5.75 Å². The summed E-state index contributed by atoms with van der Waals surface area (Å²) in [6.07, 6.45) is 0. The van der Waals surface area contributed by atoms with Crippen LogP contribution in [-0.2, 0) is 6.54 Å². The highest BCUT2D eigenvalue weighted by molar-refractivity contribution is 9.10. The average Bonchev–Trinajstić information content (AvgIpc) is 2.45. The molecular formula is C14H14BrFN4O. The topological polar surface area (TPSA) is 75.2 Å². The maximum atomic E-state index is 14.0. The Morgan fingerprint density at radius 2 is 2.10 bits per heavy atom. The molecule has 110 valence electrons. The normalized spacial score (nSPS) is 10.2. The molecule has 2 rings (SSSR count). The lowest BCUT2D eigenvalue weighted by atomic mass is 10.1. The molecule has 0 fully saturated rings. The number of aromatic nitrogens is 1. The number of halogens is 2. The average molecular weight is 353 g/mol. The number of anilines is 1. The van der Waals surface area contributed by atoms with Crippen molar-refractivity contribution in [1.29, 1.82) is 5.41 Å². The van der Waals surface area contributed by atoms with Gasteiger partial charge in [-0.25, -0.2) is 9.37 Å². The summed E-state index contributed by atoms with van der Waals surface area (Å²) in [7, 11) is 1.47. The molecule has 0 saturated carbocycles. The molecule has 1 aromatic heterocycles. The van der Waals surface area contributed by atoms with Gasteiger partial charge in [0.25, 0.3) is 0 Å². The van der Waals surface area contributed by atoms with E-state index < -0.39 is 5.82 Å². The van der Waals surface area contributed by atoms with E-state index in [9.17, 15) is 4.39 Å². The lowest BCUT2D eigenvalue weighted by Crippen LogP contribution is -2.37. The molecule has 0 aliphatic carbocycles. The van der Waals surface area contributed by atoms with Gasteiger partial charge in [-0.3, -0.25) is 10.3 Å². The van der Waals surface area contributed by atoms with Gasteiger partial charge in [-0.2, -0.15) is 0 Å². The minimum absolute atomic E-state index is 0.0502. The third-order valence-electron chi connectivity index (χ3n) is 2.88. The lowest BCUT2D eigenvalue weighted by Gasteiger charge is -2.23. The predicted octanol–water partition coefficient (Wildman–Crippen LogP) is 2.89. The van der Waals surface area contributed by atoms with E-state index in [0.29, 0.717) is 21.7 Å². The summed E-state index contributed by atoms with van der Waals surface area (Å²) in [6, 6.07) is 9.77. The summed E-state index contributed by atoms with van der Waals surface area (Å²) >= 11 is 3.26. The number of hydrogen-bond acceptors (Lipinski definition) is 3. The van der Waals surface area contributed by atoms with Gasteiger partial charge >= 0.3 is 0 Å². The van der Waals surface area contributed by atoms with Crippen molar-refractivity contribution < 1.29 is 9.13 Å². The van der Waals surface area contributed by atoms with Crippen LogP contribution in [0.4, 0.5) is 10.2 Å². The third-order valence-corrected chi connectivity index (χ3v) is 3.32. The van der Waals surface area contributed by atoms with Crippen LogP contribution in [0.25, 0.3) is 0 Å². The molecule has 3 N–H and O–H groups in total. The zero-order valence-electron chi connectivity index (χ0n) is 11.3. The predicted molar refractivity (Wildman–Crippen MR) is 83.0 cm³/mol. The Balaban J connectivity index is 2.40. The molecular weight excluding hydrogens is 339 g/mol. The van der Waals surface area contributed by atoms with Gasteiger partial charge in [-0.05, 0) is 40.2 Å². The number of pyridine rings is 1. The van der Waals surface area contributed by atoms with E-state index in [0.717, 1.165) is 0 Å². The number of guanidine groups is 1. The summed E-state index contributed by atoms with van der Waals surface area (Å²) in [5.41, 5.74) is 5.92. The van der Waals surface area contributed by atoms with Gasteiger partial charge in [-0.15, -0.1) is 0 Å². The van der Waals surface area contributed by atoms with E-state index in [2.05, 4.69) is 20.9 Å². The van der Waals surface area contributed by atoms with E-state index in [-0.39, 0.29) is 12.5 Å². The molecule has 0 spiro atoms. The number of nitrogens with zero attached hydrogens (tertiary/aromatic N) is 2. The molecule has 0 aliphatic heterocycles. The first-order valence-corrected chi connectivity index (χ1v) is 6.87. The fraction of sp³-hybridized carbons (Fsp3) is 0.143. The Morgan fingerprint density at radius 1 is 1.38 bits per heavy atom. The van der Waals surface area contributed by atoms with Crippen LogP contribution in [0, 0.1) is 11.2 Å². The monoisotopic (exact) mass is 352 g/mol. The maximum absolute atomic E-state index is 14.0. The smallest absolute Gasteiger partial charge is 0.194 e. The lowest BCUT2D eigenvalue weighted by molar-refractivity contribution is 0.404. The molecule has 1 aromatic carbocycles. The fourth-order valence-electron chi connectivity index (χ4n) is 1.88. The first-order chi connectivity index (χ1) is 10.0. The van der Waals surface area contributed by atoms with Gasteiger partial charge in [0, 0.05) is 5.56 Å². The van der Waals surface area contributed by atoms with E-state index in [1.54, 1.807) is 30.3 Å². The van der Waals surface area contributed by atoms with Crippen LogP contribution in [0.3, 0.4) is 0 Å². The van der Waals surface area contributed by atoms with Crippen LogP contribution in [0.15, 0.2) is 41.0 Å². The van der Waals surface area contributed by atoms with Crippen molar-refractivity contribution in [3.8, 4) is 5.75 Å². The number of ether oxygens (including phenoxy) is 1. The summed E-state index contributed by atoms with van der Waals surface area (Å²) in [4.78, 5) is 5.63. The molecule has 0 aliphatic rings. The van der Waals surface area contributed by atoms with E-state index in [1.807, 2.05) is 0 Å². The van der Waals surface area contributed by atoms with Gasteiger partial charge < -0.3 is 10.5 Å². The quantitative estimate of drug-likeness (QED) is 0.504. The largest absolute Gasteiger partial charge is 0.496 e. The highest BCUT2D eigenvalue weighted by atomic mass is 79.9. The van der Waals surface area contributed by atoms with Crippen LogP contribution >= 0.6 is 15.9 Å². The number of hydrogen-bond donors (Lipinski definition) is 2. The van der Waals surface area contributed by atoms with Gasteiger partial charge in [0.05, 0.1) is 13.7 Å². The summed E-state index contributed by atoms with van der Waals surface area (Å²) in [5.74, 6) is 0.194. The fourth-order valence-corrected chi connectivity index (χ4v) is 2.21.